The molecule has 1 aliphatic rings. The van der Waals surface area contributed by atoms with Crippen LogP contribution in [0.1, 0.15) is 38.8 Å². The first-order valence-corrected chi connectivity index (χ1v) is 7.12. The van der Waals surface area contributed by atoms with Crippen molar-refractivity contribution in [3.63, 3.8) is 0 Å². The molecule has 0 radical (unpaired) electrons. The molecule has 1 aromatic rings. The van der Waals surface area contributed by atoms with Gasteiger partial charge in [0.05, 0.1) is 0 Å². The van der Waals surface area contributed by atoms with Crippen molar-refractivity contribution < 1.29 is 14.3 Å². The Hall–Kier alpha value is -2.04. The van der Waals surface area contributed by atoms with Gasteiger partial charge in [-0.15, -0.1) is 0 Å². The Morgan fingerprint density at radius 1 is 1.24 bits per heavy atom. The van der Waals surface area contributed by atoms with Crippen LogP contribution < -0.4 is 5.32 Å². The average Bonchev–Trinajstić information content (AvgIpc) is 2.35. The fraction of sp³-hybridized carbons (Fsp3) is 0.500. The number of carbonyl (C=O) groups excluding carboxylic acids is 2. The van der Waals surface area contributed by atoms with Crippen molar-refractivity contribution in [2.75, 3.05) is 11.9 Å². The fourth-order valence-electron chi connectivity index (χ4n) is 2.32. The van der Waals surface area contributed by atoms with Crippen molar-refractivity contribution in [1.82, 2.24) is 4.90 Å². The van der Waals surface area contributed by atoms with Crippen LogP contribution in [0.2, 0.25) is 0 Å². The fourth-order valence-corrected chi connectivity index (χ4v) is 2.32. The Bertz CT molecular complexity index is 561. The molecule has 0 aliphatic carbocycles. The number of amides is 2. The molecule has 0 saturated carbocycles. The molecular weight excluding hydrogens is 268 g/mol. The van der Waals surface area contributed by atoms with E-state index in [4.69, 9.17) is 4.74 Å². The molecule has 5 heteroatoms. The number of nitrogens with zero attached hydrogens (tertiary/aromatic N) is 1. The summed E-state index contributed by atoms with van der Waals surface area (Å²) in [6.45, 7) is 8.26. The normalized spacial score (nSPS) is 14.4. The second-order valence-electron chi connectivity index (χ2n) is 6.32. The van der Waals surface area contributed by atoms with Crippen molar-refractivity contribution in [2.45, 2.75) is 46.3 Å². The quantitative estimate of drug-likeness (QED) is 0.865. The summed E-state index contributed by atoms with van der Waals surface area (Å²) in [5.74, 6) is -0.0823. The van der Waals surface area contributed by atoms with Crippen LogP contribution in [0.3, 0.4) is 0 Å². The van der Waals surface area contributed by atoms with Crippen LogP contribution in [0.5, 0.6) is 0 Å². The molecule has 0 unspecified atom stereocenters. The summed E-state index contributed by atoms with van der Waals surface area (Å²) in [6, 6.07) is 5.79. The molecule has 2 amide bonds. The lowest BCUT2D eigenvalue weighted by atomic mass is 9.99. The molecule has 0 bridgehead atoms. The molecule has 0 saturated heterocycles. The highest BCUT2D eigenvalue weighted by molar-refractivity contribution is 5.88. The molecule has 0 aromatic heterocycles. The Morgan fingerprint density at radius 3 is 2.57 bits per heavy atom. The van der Waals surface area contributed by atoms with E-state index in [0.717, 1.165) is 17.7 Å². The first kappa shape index (κ1) is 15.4. The Kier molecular flexibility index (Phi) is 4.21. The molecule has 21 heavy (non-hydrogen) atoms. The molecule has 0 atom stereocenters. The van der Waals surface area contributed by atoms with E-state index in [0.29, 0.717) is 13.1 Å². The molecule has 5 nitrogen and oxygen atoms in total. The summed E-state index contributed by atoms with van der Waals surface area (Å²) >= 11 is 0. The van der Waals surface area contributed by atoms with Gasteiger partial charge in [-0.05, 0) is 50.5 Å². The molecule has 1 aromatic carbocycles. The summed E-state index contributed by atoms with van der Waals surface area (Å²) in [7, 11) is 0. The van der Waals surface area contributed by atoms with Gasteiger partial charge < -0.3 is 15.0 Å². The lowest BCUT2D eigenvalue weighted by Crippen LogP contribution is -2.39. The molecule has 1 heterocycles. The minimum atomic E-state index is -0.480. The smallest absolute Gasteiger partial charge is 0.410 e. The van der Waals surface area contributed by atoms with Gasteiger partial charge in [0.15, 0.2) is 0 Å². The maximum atomic E-state index is 12.1. The Morgan fingerprint density at radius 2 is 1.95 bits per heavy atom. The number of fused-ring (bicyclic) bond motifs is 1. The van der Waals surface area contributed by atoms with Gasteiger partial charge in [0, 0.05) is 25.7 Å². The molecule has 1 N–H and O–H groups in total. The van der Waals surface area contributed by atoms with E-state index >= 15 is 0 Å². The van der Waals surface area contributed by atoms with Crippen molar-refractivity contribution in [2.24, 2.45) is 0 Å². The number of carbonyl (C=O) groups is 2. The van der Waals surface area contributed by atoms with Crippen molar-refractivity contribution in [3.8, 4) is 0 Å². The van der Waals surface area contributed by atoms with E-state index in [-0.39, 0.29) is 12.0 Å². The topological polar surface area (TPSA) is 58.6 Å². The van der Waals surface area contributed by atoms with Gasteiger partial charge >= 0.3 is 6.09 Å². The van der Waals surface area contributed by atoms with Crippen molar-refractivity contribution in [3.05, 3.63) is 29.3 Å². The Balaban J connectivity index is 2.07. The van der Waals surface area contributed by atoms with Crippen LogP contribution in [0.15, 0.2) is 18.2 Å². The Labute approximate surface area is 125 Å². The largest absolute Gasteiger partial charge is 0.444 e. The van der Waals surface area contributed by atoms with Crippen LogP contribution in [0.4, 0.5) is 10.5 Å². The van der Waals surface area contributed by atoms with Gasteiger partial charge in [0.1, 0.15) is 5.60 Å². The lowest BCUT2D eigenvalue weighted by Gasteiger charge is -2.31. The van der Waals surface area contributed by atoms with Crippen LogP contribution >= 0.6 is 0 Å². The van der Waals surface area contributed by atoms with E-state index in [1.807, 2.05) is 39.0 Å². The molecular formula is C16H22N2O3. The summed E-state index contributed by atoms with van der Waals surface area (Å²) in [6.07, 6.45) is 0.487. The van der Waals surface area contributed by atoms with Crippen LogP contribution in [-0.2, 0) is 22.5 Å². The summed E-state index contributed by atoms with van der Waals surface area (Å²) in [5, 5.41) is 2.78. The van der Waals surface area contributed by atoms with Gasteiger partial charge in [-0.1, -0.05) is 6.07 Å². The minimum absolute atomic E-state index is 0.0823. The average molecular weight is 290 g/mol. The lowest BCUT2D eigenvalue weighted by molar-refractivity contribution is -0.114. The summed E-state index contributed by atoms with van der Waals surface area (Å²) in [5.41, 5.74) is 2.58. The molecule has 0 fully saturated rings. The first-order valence-electron chi connectivity index (χ1n) is 7.12. The van der Waals surface area contributed by atoms with E-state index in [1.165, 1.54) is 12.5 Å². The van der Waals surface area contributed by atoms with E-state index in [9.17, 15) is 9.59 Å². The highest BCUT2D eigenvalue weighted by atomic mass is 16.6. The summed E-state index contributed by atoms with van der Waals surface area (Å²) < 4.78 is 5.40. The minimum Gasteiger partial charge on any atom is -0.444 e. The third-order valence-electron chi connectivity index (χ3n) is 3.19. The molecule has 2 rings (SSSR count). The number of rotatable bonds is 1. The monoisotopic (exact) mass is 290 g/mol. The first-order chi connectivity index (χ1) is 9.74. The van der Waals surface area contributed by atoms with Crippen LogP contribution in [0, 0.1) is 0 Å². The standard InChI is InChI=1S/C16H22N2O3/c1-11(19)17-14-6-5-13-10-18(8-7-12(13)9-14)15(20)21-16(2,3)4/h5-6,9H,7-8,10H2,1-4H3,(H,17,19). The number of ether oxygens (including phenoxy) is 1. The highest BCUT2D eigenvalue weighted by Gasteiger charge is 2.25. The van der Waals surface area contributed by atoms with E-state index < -0.39 is 5.60 Å². The van der Waals surface area contributed by atoms with E-state index in [1.54, 1.807) is 4.90 Å². The number of hydrogen-bond acceptors (Lipinski definition) is 3. The number of anilines is 1. The van der Waals surface area contributed by atoms with Crippen LogP contribution in [0.25, 0.3) is 0 Å². The third-order valence-corrected chi connectivity index (χ3v) is 3.19. The number of hydrogen-bond donors (Lipinski definition) is 1. The molecule has 1 aliphatic heterocycles. The third kappa shape index (κ3) is 4.21. The van der Waals surface area contributed by atoms with Gasteiger partial charge in [-0.2, -0.15) is 0 Å². The van der Waals surface area contributed by atoms with Gasteiger partial charge in [0.25, 0.3) is 0 Å². The van der Waals surface area contributed by atoms with Gasteiger partial charge in [-0.25, -0.2) is 4.79 Å². The van der Waals surface area contributed by atoms with Gasteiger partial charge in [0.2, 0.25) is 5.91 Å². The maximum absolute atomic E-state index is 12.1. The van der Waals surface area contributed by atoms with E-state index in [2.05, 4.69) is 5.32 Å². The molecule has 0 spiro atoms. The zero-order valence-electron chi connectivity index (χ0n) is 13.0. The molecule has 114 valence electrons. The SMILES string of the molecule is CC(=O)Nc1ccc2c(c1)CCN(C(=O)OC(C)(C)C)C2. The van der Waals surface area contributed by atoms with Crippen molar-refractivity contribution >= 4 is 17.7 Å². The second-order valence-corrected chi connectivity index (χ2v) is 6.32. The summed E-state index contributed by atoms with van der Waals surface area (Å²) in [4.78, 5) is 24.9. The highest BCUT2D eigenvalue weighted by Crippen LogP contribution is 2.24. The number of benzene rings is 1. The van der Waals surface area contributed by atoms with Gasteiger partial charge in [-0.3, -0.25) is 4.79 Å². The number of nitrogens with one attached hydrogen (secondary N) is 1. The zero-order valence-corrected chi connectivity index (χ0v) is 13.0. The maximum Gasteiger partial charge on any atom is 0.410 e. The zero-order chi connectivity index (χ0) is 15.6. The van der Waals surface area contributed by atoms with Crippen LogP contribution in [-0.4, -0.2) is 29.0 Å². The predicted molar refractivity (Wildman–Crippen MR) is 81.1 cm³/mol. The van der Waals surface area contributed by atoms with Crippen molar-refractivity contribution in [1.29, 1.82) is 0 Å². The predicted octanol–water partition coefficient (Wildman–Crippen LogP) is 2.94. The second kappa shape index (κ2) is 5.76.